The van der Waals surface area contributed by atoms with Gasteiger partial charge in [0.25, 0.3) is 0 Å². The highest BCUT2D eigenvalue weighted by molar-refractivity contribution is 7.91. The van der Waals surface area contributed by atoms with Crippen molar-refractivity contribution in [2.45, 2.75) is 31.1 Å². The average molecular weight is 315 g/mol. The van der Waals surface area contributed by atoms with Crippen molar-refractivity contribution in [3.05, 3.63) is 34.5 Å². The molecule has 0 amide bonds. The second kappa shape index (κ2) is 6.49. The van der Waals surface area contributed by atoms with Gasteiger partial charge in [-0.25, -0.2) is 13.1 Å². The van der Waals surface area contributed by atoms with E-state index in [1.54, 1.807) is 19.1 Å². The Hall–Kier alpha value is -1.22. The van der Waals surface area contributed by atoms with Crippen LogP contribution in [0.25, 0.3) is 0 Å². The summed E-state index contributed by atoms with van der Waals surface area (Å²) in [5, 5.41) is 8.71. The number of rotatable bonds is 7. The van der Waals surface area contributed by atoms with Crippen LogP contribution in [0.4, 0.5) is 0 Å². The van der Waals surface area contributed by atoms with Gasteiger partial charge in [0.15, 0.2) is 5.76 Å². The van der Waals surface area contributed by atoms with Crippen LogP contribution in [0.2, 0.25) is 0 Å². The van der Waals surface area contributed by atoms with Gasteiger partial charge in [0.1, 0.15) is 4.21 Å². The van der Waals surface area contributed by atoms with Gasteiger partial charge in [-0.05, 0) is 30.5 Å². The molecular formula is C12H17N3O3S2. The van der Waals surface area contributed by atoms with Crippen molar-refractivity contribution < 1.29 is 12.9 Å². The number of nitrogens with zero attached hydrogens (tertiary/aromatic N) is 1. The topological polar surface area (TPSA) is 84.2 Å². The maximum Gasteiger partial charge on any atom is 0.250 e. The third-order valence-electron chi connectivity index (χ3n) is 2.59. The quantitative estimate of drug-likeness (QED) is 0.811. The minimum Gasteiger partial charge on any atom is -0.360 e. The van der Waals surface area contributed by atoms with Crippen LogP contribution in [-0.2, 0) is 23.1 Å². The fourth-order valence-corrected chi connectivity index (χ4v) is 3.84. The lowest BCUT2D eigenvalue weighted by Crippen LogP contribution is -2.22. The second-order valence-corrected chi connectivity index (χ2v) is 7.22. The van der Waals surface area contributed by atoms with Gasteiger partial charge in [-0.1, -0.05) is 12.1 Å². The number of aromatic nitrogens is 1. The summed E-state index contributed by atoms with van der Waals surface area (Å²) in [5.74, 6) is 0.496. The van der Waals surface area contributed by atoms with E-state index in [0.717, 1.165) is 17.8 Å². The standard InChI is InChI=1S/C12H17N3O3S2/c1-3-13-6-10-5-12(19-8-10)20(16,17)14-7-11-4-9(2)15-18-11/h4-5,8,13-14H,3,6-7H2,1-2H3. The molecule has 20 heavy (non-hydrogen) atoms. The Balaban J connectivity index is 2.00. The molecule has 6 nitrogen and oxygen atoms in total. The van der Waals surface area contributed by atoms with Crippen molar-refractivity contribution in [2.75, 3.05) is 6.54 Å². The van der Waals surface area contributed by atoms with Crippen molar-refractivity contribution in [1.29, 1.82) is 0 Å². The van der Waals surface area contributed by atoms with Crippen LogP contribution in [-0.4, -0.2) is 20.1 Å². The van der Waals surface area contributed by atoms with Gasteiger partial charge in [0.2, 0.25) is 10.0 Å². The normalized spacial score (nSPS) is 11.9. The van der Waals surface area contributed by atoms with E-state index in [1.807, 2.05) is 12.3 Å². The smallest absolute Gasteiger partial charge is 0.250 e. The fraction of sp³-hybridized carbons (Fsp3) is 0.417. The SMILES string of the molecule is CCNCc1csc(S(=O)(=O)NCc2cc(C)no2)c1. The summed E-state index contributed by atoms with van der Waals surface area (Å²) in [5.41, 5.74) is 1.69. The molecule has 8 heteroatoms. The van der Waals surface area contributed by atoms with Crippen LogP contribution in [0.5, 0.6) is 0 Å². The van der Waals surface area contributed by atoms with Crippen LogP contribution in [0, 0.1) is 6.92 Å². The molecule has 0 saturated heterocycles. The van der Waals surface area contributed by atoms with E-state index >= 15 is 0 Å². The molecule has 0 atom stereocenters. The first-order valence-electron chi connectivity index (χ1n) is 6.21. The van der Waals surface area contributed by atoms with Crippen LogP contribution in [0.15, 0.2) is 26.2 Å². The fourth-order valence-electron chi connectivity index (χ4n) is 1.59. The molecule has 0 aliphatic rings. The summed E-state index contributed by atoms with van der Waals surface area (Å²) in [7, 11) is -3.50. The number of hydrogen-bond donors (Lipinski definition) is 2. The highest BCUT2D eigenvalue weighted by Gasteiger charge is 2.17. The molecule has 0 spiro atoms. The van der Waals surface area contributed by atoms with Gasteiger partial charge < -0.3 is 9.84 Å². The van der Waals surface area contributed by atoms with Gasteiger partial charge in [-0.2, -0.15) is 0 Å². The van der Waals surface area contributed by atoms with E-state index < -0.39 is 10.0 Å². The molecule has 0 aromatic carbocycles. The van der Waals surface area contributed by atoms with Gasteiger partial charge in [0.05, 0.1) is 12.2 Å². The predicted molar refractivity (Wildman–Crippen MR) is 77.0 cm³/mol. The van der Waals surface area contributed by atoms with Crippen molar-refractivity contribution in [1.82, 2.24) is 15.2 Å². The molecular weight excluding hydrogens is 298 g/mol. The minimum absolute atomic E-state index is 0.101. The molecule has 0 unspecified atom stereocenters. The maximum atomic E-state index is 12.1. The first-order valence-corrected chi connectivity index (χ1v) is 8.57. The molecule has 110 valence electrons. The van der Waals surface area contributed by atoms with Gasteiger partial charge in [0, 0.05) is 12.6 Å². The number of sulfonamides is 1. The molecule has 0 radical (unpaired) electrons. The Morgan fingerprint density at radius 3 is 2.80 bits per heavy atom. The van der Waals surface area contributed by atoms with Crippen molar-refractivity contribution in [3.8, 4) is 0 Å². The number of hydrogen-bond acceptors (Lipinski definition) is 6. The van der Waals surface area contributed by atoms with E-state index in [-0.39, 0.29) is 6.54 Å². The molecule has 2 aromatic rings. The van der Waals surface area contributed by atoms with Gasteiger partial charge in [-0.15, -0.1) is 11.3 Å². The Bertz CT molecular complexity index is 661. The summed E-state index contributed by atoms with van der Waals surface area (Å²) < 4.78 is 32.0. The van der Waals surface area contributed by atoms with Crippen molar-refractivity contribution in [3.63, 3.8) is 0 Å². The lowest BCUT2D eigenvalue weighted by atomic mass is 10.3. The average Bonchev–Trinajstić information content (AvgIpc) is 3.03. The molecule has 2 heterocycles. The van der Waals surface area contributed by atoms with E-state index in [9.17, 15) is 8.42 Å². The molecule has 0 bridgehead atoms. The molecule has 0 fully saturated rings. The van der Waals surface area contributed by atoms with E-state index in [1.165, 1.54) is 11.3 Å². The van der Waals surface area contributed by atoms with Crippen LogP contribution >= 0.6 is 11.3 Å². The summed E-state index contributed by atoms with van der Waals surface area (Å²) in [6.07, 6.45) is 0. The largest absolute Gasteiger partial charge is 0.360 e. The predicted octanol–water partition coefficient (Wildman–Crippen LogP) is 1.63. The lowest BCUT2D eigenvalue weighted by molar-refractivity contribution is 0.377. The third kappa shape index (κ3) is 3.89. The summed E-state index contributed by atoms with van der Waals surface area (Å²) >= 11 is 1.21. The van der Waals surface area contributed by atoms with Gasteiger partial charge in [-0.3, -0.25) is 0 Å². The summed E-state index contributed by atoms with van der Waals surface area (Å²) in [6.45, 7) is 5.41. The van der Waals surface area contributed by atoms with Crippen molar-refractivity contribution >= 4 is 21.4 Å². The maximum absolute atomic E-state index is 12.1. The van der Waals surface area contributed by atoms with Crippen LogP contribution in [0.1, 0.15) is 23.9 Å². The zero-order chi connectivity index (χ0) is 14.6. The third-order valence-corrected chi connectivity index (χ3v) is 5.48. The molecule has 2 rings (SSSR count). The van der Waals surface area contributed by atoms with Crippen molar-refractivity contribution in [2.24, 2.45) is 0 Å². The molecule has 2 aromatic heterocycles. The Morgan fingerprint density at radius 1 is 1.35 bits per heavy atom. The van der Waals surface area contributed by atoms with E-state index in [2.05, 4.69) is 15.2 Å². The first-order chi connectivity index (χ1) is 9.51. The lowest BCUT2D eigenvalue weighted by Gasteiger charge is -2.01. The molecule has 0 aliphatic carbocycles. The summed E-state index contributed by atoms with van der Waals surface area (Å²) in [6, 6.07) is 3.38. The Kier molecular flexibility index (Phi) is 4.92. The zero-order valence-corrected chi connectivity index (χ0v) is 13.0. The monoisotopic (exact) mass is 315 g/mol. The number of thiophene rings is 1. The highest BCUT2D eigenvalue weighted by Crippen LogP contribution is 2.20. The molecule has 2 N–H and O–H groups in total. The summed E-state index contributed by atoms with van der Waals surface area (Å²) in [4.78, 5) is 0. The Labute approximate surface area is 122 Å². The number of aryl methyl sites for hydroxylation is 1. The van der Waals surface area contributed by atoms with E-state index in [0.29, 0.717) is 16.5 Å². The number of nitrogens with one attached hydrogen (secondary N) is 2. The molecule has 0 aliphatic heterocycles. The Morgan fingerprint density at radius 2 is 2.15 bits per heavy atom. The van der Waals surface area contributed by atoms with E-state index in [4.69, 9.17) is 4.52 Å². The highest BCUT2D eigenvalue weighted by atomic mass is 32.2. The van der Waals surface area contributed by atoms with Crippen LogP contribution < -0.4 is 10.0 Å². The second-order valence-electron chi connectivity index (χ2n) is 4.31. The zero-order valence-electron chi connectivity index (χ0n) is 11.3. The first kappa shape index (κ1) is 15.2. The molecule has 0 saturated carbocycles. The van der Waals surface area contributed by atoms with Gasteiger partial charge >= 0.3 is 0 Å². The minimum atomic E-state index is -3.50. The van der Waals surface area contributed by atoms with Crippen LogP contribution in [0.3, 0.4) is 0 Å².